The summed E-state index contributed by atoms with van der Waals surface area (Å²) in [6.07, 6.45) is 2.56. The van der Waals surface area contributed by atoms with Gasteiger partial charge < -0.3 is 20.1 Å². The molecule has 100 valence electrons. The second kappa shape index (κ2) is 4.89. The van der Waals surface area contributed by atoms with Crippen molar-refractivity contribution in [1.29, 1.82) is 0 Å². The van der Waals surface area contributed by atoms with E-state index >= 15 is 0 Å². The van der Waals surface area contributed by atoms with Gasteiger partial charge in [0.2, 0.25) is 5.88 Å². The van der Waals surface area contributed by atoms with Gasteiger partial charge in [0.25, 0.3) is 0 Å². The van der Waals surface area contributed by atoms with E-state index in [2.05, 4.69) is 33.8 Å². The number of aromatic nitrogens is 2. The second-order valence-corrected chi connectivity index (χ2v) is 4.54. The minimum absolute atomic E-state index is 0.258. The fraction of sp³-hybridized carbons (Fsp3) is 0.385. The summed E-state index contributed by atoms with van der Waals surface area (Å²) in [6.45, 7) is 9.43. The van der Waals surface area contributed by atoms with Crippen molar-refractivity contribution in [3.8, 4) is 5.88 Å². The van der Waals surface area contributed by atoms with Crippen molar-refractivity contribution in [3.05, 3.63) is 24.7 Å². The van der Waals surface area contributed by atoms with Crippen molar-refractivity contribution in [2.45, 2.75) is 12.5 Å². The highest BCUT2D eigenvalue weighted by molar-refractivity contribution is 5.74. The predicted octanol–water partition coefficient (Wildman–Crippen LogP) is 1.64. The normalized spacial score (nSPS) is 21.3. The van der Waals surface area contributed by atoms with Crippen molar-refractivity contribution in [1.82, 2.24) is 9.97 Å². The van der Waals surface area contributed by atoms with Gasteiger partial charge >= 0.3 is 0 Å². The first-order valence-electron chi connectivity index (χ1n) is 6.22. The first-order chi connectivity index (χ1) is 9.26. The highest BCUT2D eigenvalue weighted by Gasteiger charge is 2.23. The van der Waals surface area contributed by atoms with Crippen LogP contribution in [-0.4, -0.2) is 35.8 Å². The van der Waals surface area contributed by atoms with Gasteiger partial charge in [-0.15, -0.1) is 0 Å². The summed E-state index contributed by atoms with van der Waals surface area (Å²) in [6, 6.07) is 0.258. The van der Waals surface area contributed by atoms with Gasteiger partial charge in [-0.1, -0.05) is 13.2 Å². The molecule has 0 bridgehead atoms. The fourth-order valence-electron chi connectivity index (χ4n) is 2.08. The molecule has 1 saturated heterocycles. The van der Waals surface area contributed by atoms with Crippen LogP contribution in [0.4, 0.5) is 11.5 Å². The molecule has 1 aromatic heterocycles. The smallest absolute Gasteiger partial charge is 0.244 e. The molecule has 6 heteroatoms. The molecule has 1 unspecified atom stereocenters. The van der Waals surface area contributed by atoms with Crippen LogP contribution in [0.15, 0.2) is 18.9 Å². The van der Waals surface area contributed by atoms with Crippen molar-refractivity contribution in [3.63, 3.8) is 0 Å². The number of nitrogens with zero attached hydrogens (tertiary/aromatic N) is 2. The molecule has 1 fully saturated rings. The molecule has 3 heterocycles. The Morgan fingerprint density at radius 2 is 2.32 bits per heavy atom. The molecular formula is C13H16N4O2. The van der Waals surface area contributed by atoms with Gasteiger partial charge in [0.05, 0.1) is 12.6 Å². The van der Waals surface area contributed by atoms with E-state index in [4.69, 9.17) is 9.47 Å². The molecule has 1 atom stereocenters. The van der Waals surface area contributed by atoms with E-state index in [1.807, 2.05) is 0 Å². The zero-order valence-electron chi connectivity index (χ0n) is 10.6. The summed E-state index contributed by atoms with van der Waals surface area (Å²) in [5, 5.41) is 6.53. The number of nitrogens with one attached hydrogen (secondary N) is 2. The van der Waals surface area contributed by atoms with Crippen LogP contribution >= 0.6 is 0 Å². The van der Waals surface area contributed by atoms with Crippen molar-refractivity contribution < 1.29 is 9.47 Å². The number of ether oxygens (including phenoxy) is 2. The Labute approximate surface area is 111 Å². The molecule has 2 N–H and O–H groups in total. The molecule has 0 spiro atoms. The van der Waals surface area contributed by atoms with Crippen LogP contribution in [0.25, 0.3) is 6.08 Å². The Kier molecular flexibility index (Phi) is 3.08. The topological polar surface area (TPSA) is 68.3 Å². The van der Waals surface area contributed by atoms with E-state index in [9.17, 15) is 0 Å². The highest BCUT2D eigenvalue weighted by atomic mass is 16.5. The predicted molar refractivity (Wildman–Crippen MR) is 73.2 cm³/mol. The van der Waals surface area contributed by atoms with Crippen LogP contribution in [0.5, 0.6) is 5.88 Å². The van der Waals surface area contributed by atoms with Gasteiger partial charge in [-0.05, 0) is 12.5 Å². The van der Waals surface area contributed by atoms with Crippen LogP contribution in [0.1, 0.15) is 12.2 Å². The van der Waals surface area contributed by atoms with Gasteiger partial charge in [0, 0.05) is 12.3 Å². The van der Waals surface area contributed by atoms with Crippen LogP contribution in [0, 0.1) is 0 Å². The molecule has 2 aliphatic rings. The van der Waals surface area contributed by atoms with Crippen molar-refractivity contribution in [2.75, 3.05) is 30.5 Å². The number of fused-ring (bicyclic) bond motifs is 1. The standard InChI is InChI=1S/C13H16N4O2/c1-3-10-16-12(15-9-4-5-18-7-9)11-13(17-10)19-6-8(2)14-11/h3,9,14H,1-2,4-7H2,(H,15,16,17). The molecule has 0 saturated carbocycles. The maximum absolute atomic E-state index is 5.55. The maximum Gasteiger partial charge on any atom is 0.244 e. The first kappa shape index (κ1) is 12.0. The quantitative estimate of drug-likeness (QED) is 0.861. The lowest BCUT2D eigenvalue weighted by atomic mass is 10.2. The lowest BCUT2D eigenvalue weighted by Crippen LogP contribution is -2.24. The summed E-state index contributed by atoms with van der Waals surface area (Å²) in [5.41, 5.74) is 1.52. The molecule has 2 aliphatic heterocycles. The zero-order valence-corrected chi connectivity index (χ0v) is 10.6. The second-order valence-electron chi connectivity index (χ2n) is 4.54. The third-order valence-electron chi connectivity index (χ3n) is 3.03. The first-order valence-corrected chi connectivity index (χ1v) is 6.22. The van der Waals surface area contributed by atoms with E-state index in [0.717, 1.165) is 24.4 Å². The summed E-state index contributed by atoms with van der Waals surface area (Å²) in [4.78, 5) is 8.70. The maximum atomic E-state index is 5.55. The van der Waals surface area contributed by atoms with Crippen LogP contribution in [-0.2, 0) is 4.74 Å². The Morgan fingerprint density at radius 3 is 3.05 bits per heavy atom. The SMILES string of the molecule is C=Cc1nc(NC2CCOC2)c2c(n1)OCC(=C)N2. The van der Waals surface area contributed by atoms with Crippen molar-refractivity contribution in [2.24, 2.45) is 0 Å². The average molecular weight is 260 g/mol. The van der Waals surface area contributed by atoms with Gasteiger partial charge in [0.15, 0.2) is 11.6 Å². The molecule has 0 amide bonds. The van der Waals surface area contributed by atoms with Crippen LogP contribution in [0.2, 0.25) is 0 Å². The van der Waals surface area contributed by atoms with E-state index in [-0.39, 0.29) is 6.04 Å². The van der Waals surface area contributed by atoms with Gasteiger partial charge in [-0.2, -0.15) is 4.98 Å². The van der Waals surface area contributed by atoms with E-state index in [0.29, 0.717) is 30.7 Å². The largest absolute Gasteiger partial charge is 0.470 e. The van der Waals surface area contributed by atoms with Crippen LogP contribution < -0.4 is 15.4 Å². The third-order valence-corrected chi connectivity index (χ3v) is 3.03. The van der Waals surface area contributed by atoms with Gasteiger partial charge in [-0.25, -0.2) is 4.98 Å². The molecule has 1 aromatic rings. The van der Waals surface area contributed by atoms with E-state index < -0.39 is 0 Å². The van der Waals surface area contributed by atoms with Gasteiger partial charge in [0.1, 0.15) is 12.3 Å². The molecule has 3 rings (SSSR count). The molecule has 19 heavy (non-hydrogen) atoms. The Morgan fingerprint density at radius 1 is 1.42 bits per heavy atom. The summed E-state index contributed by atoms with van der Waals surface area (Å²) >= 11 is 0. The summed E-state index contributed by atoms with van der Waals surface area (Å²) in [7, 11) is 0. The number of hydrogen-bond acceptors (Lipinski definition) is 6. The lowest BCUT2D eigenvalue weighted by Gasteiger charge is -2.23. The number of rotatable bonds is 3. The molecule has 6 nitrogen and oxygen atoms in total. The number of anilines is 2. The van der Waals surface area contributed by atoms with Gasteiger partial charge in [-0.3, -0.25) is 0 Å². The third kappa shape index (κ3) is 2.39. The minimum atomic E-state index is 0.258. The molecular weight excluding hydrogens is 244 g/mol. The zero-order chi connectivity index (χ0) is 13.2. The molecule has 0 radical (unpaired) electrons. The minimum Gasteiger partial charge on any atom is -0.470 e. The fourth-order valence-corrected chi connectivity index (χ4v) is 2.08. The number of hydrogen-bond donors (Lipinski definition) is 2. The average Bonchev–Trinajstić information content (AvgIpc) is 2.92. The molecule has 0 aliphatic carbocycles. The van der Waals surface area contributed by atoms with Crippen LogP contribution in [0.3, 0.4) is 0 Å². The lowest BCUT2D eigenvalue weighted by molar-refractivity contribution is 0.195. The Balaban J connectivity index is 1.95. The van der Waals surface area contributed by atoms with E-state index in [1.54, 1.807) is 6.08 Å². The van der Waals surface area contributed by atoms with E-state index in [1.165, 1.54) is 0 Å². The Bertz CT molecular complexity index is 524. The summed E-state index contributed by atoms with van der Waals surface area (Å²) in [5.74, 6) is 1.77. The Hall–Kier alpha value is -2.08. The monoisotopic (exact) mass is 260 g/mol. The molecule has 0 aromatic carbocycles. The highest BCUT2D eigenvalue weighted by Crippen LogP contribution is 2.34. The van der Waals surface area contributed by atoms with Crippen molar-refractivity contribution >= 4 is 17.6 Å². The summed E-state index contributed by atoms with van der Waals surface area (Å²) < 4.78 is 10.9.